The second-order valence-corrected chi connectivity index (χ2v) is 5.75. The highest BCUT2D eigenvalue weighted by molar-refractivity contribution is 6.00. The van der Waals surface area contributed by atoms with E-state index in [9.17, 15) is 14.4 Å². The van der Waals surface area contributed by atoms with E-state index < -0.39 is 12.1 Å². The number of aryl methyl sites for hydroxylation is 1. The predicted octanol–water partition coefficient (Wildman–Crippen LogP) is 2.83. The highest BCUT2D eigenvalue weighted by atomic mass is 16.5. The number of ether oxygens (including phenoxy) is 1. The average molecular weight is 342 g/mol. The van der Waals surface area contributed by atoms with Gasteiger partial charge >= 0.3 is 5.97 Å². The number of likely N-dealkylation sites (N-methyl/N-ethyl adjacent to an activating group) is 1. The minimum Gasteiger partial charge on any atom is -0.448 e. The van der Waals surface area contributed by atoms with Crippen LogP contribution in [-0.4, -0.2) is 34.9 Å². The molecule has 0 spiro atoms. The van der Waals surface area contributed by atoms with Crippen molar-refractivity contribution >= 4 is 23.3 Å². The monoisotopic (exact) mass is 342 g/mol. The van der Waals surface area contributed by atoms with E-state index in [1.165, 1.54) is 17.6 Å². The first kappa shape index (κ1) is 18.4. The molecule has 0 aliphatic heterocycles. The van der Waals surface area contributed by atoms with Gasteiger partial charge in [-0.3, -0.25) is 9.59 Å². The summed E-state index contributed by atoms with van der Waals surface area (Å²) >= 11 is 0. The number of hydrogen-bond donors (Lipinski definition) is 0. The van der Waals surface area contributed by atoms with Gasteiger partial charge in [-0.15, -0.1) is 0 Å². The summed E-state index contributed by atoms with van der Waals surface area (Å²) < 4.78 is 6.83. The van der Waals surface area contributed by atoms with Gasteiger partial charge in [-0.05, 0) is 39.0 Å². The maximum Gasteiger partial charge on any atom is 0.355 e. The molecule has 0 aliphatic rings. The van der Waals surface area contributed by atoms with E-state index in [2.05, 4.69) is 0 Å². The van der Waals surface area contributed by atoms with Crippen LogP contribution in [0.3, 0.4) is 0 Å². The van der Waals surface area contributed by atoms with Crippen molar-refractivity contribution in [3.05, 3.63) is 53.9 Å². The molecule has 0 saturated carbocycles. The van der Waals surface area contributed by atoms with Crippen LogP contribution in [0.25, 0.3) is 0 Å². The van der Waals surface area contributed by atoms with Gasteiger partial charge in [0.1, 0.15) is 5.69 Å². The summed E-state index contributed by atoms with van der Waals surface area (Å²) in [4.78, 5) is 37.9. The Labute approximate surface area is 147 Å². The zero-order chi connectivity index (χ0) is 18.6. The van der Waals surface area contributed by atoms with Crippen molar-refractivity contribution < 1.29 is 19.1 Å². The Bertz CT molecular complexity index is 780. The molecule has 1 atom stereocenters. The summed E-state index contributed by atoms with van der Waals surface area (Å²) in [5.41, 5.74) is 1.40. The van der Waals surface area contributed by atoms with E-state index in [1.807, 2.05) is 37.3 Å². The number of ketones is 1. The second kappa shape index (κ2) is 7.79. The zero-order valence-corrected chi connectivity index (χ0v) is 14.9. The van der Waals surface area contributed by atoms with Gasteiger partial charge in [0, 0.05) is 31.0 Å². The molecule has 0 aliphatic carbocycles. The molecule has 6 nitrogen and oxygen atoms in total. The van der Waals surface area contributed by atoms with Gasteiger partial charge in [0.2, 0.25) is 0 Å². The number of carbonyl (C=O) groups excluding carboxylic acids is 3. The number of benzene rings is 1. The van der Waals surface area contributed by atoms with Crippen molar-refractivity contribution in [1.82, 2.24) is 4.57 Å². The maximum absolute atomic E-state index is 12.6. The highest BCUT2D eigenvalue weighted by Crippen LogP contribution is 2.16. The molecule has 0 N–H and O–H groups in total. The fraction of sp³-hybridized carbons (Fsp3) is 0.316. The van der Waals surface area contributed by atoms with Crippen LogP contribution in [0.1, 0.15) is 41.6 Å². The van der Waals surface area contributed by atoms with Gasteiger partial charge in [-0.25, -0.2) is 4.79 Å². The molecule has 1 aromatic carbocycles. The van der Waals surface area contributed by atoms with Crippen LogP contribution in [0.5, 0.6) is 0 Å². The summed E-state index contributed by atoms with van der Waals surface area (Å²) in [6.45, 7) is 5.29. The fourth-order valence-electron chi connectivity index (χ4n) is 2.52. The molecule has 2 rings (SSSR count). The van der Waals surface area contributed by atoms with Crippen LogP contribution in [0, 0.1) is 0 Å². The van der Waals surface area contributed by atoms with Crippen LogP contribution in [0.15, 0.2) is 42.6 Å². The molecular weight excluding hydrogens is 320 g/mol. The van der Waals surface area contributed by atoms with Crippen molar-refractivity contribution in [2.45, 2.75) is 26.9 Å². The summed E-state index contributed by atoms with van der Waals surface area (Å²) in [6.07, 6.45) is 0.622. The van der Waals surface area contributed by atoms with E-state index in [1.54, 1.807) is 25.1 Å². The number of hydrogen-bond acceptors (Lipinski definition) is 4. The van der Waals surface area contributed by atoms with Gasteiger partial charge in [0.25, 0.3) is 5.91 Å². The Morgan fingerprint density at radius 2 is 1.84 bits per heavy atom. The number of Topliss-reactive ketones (excluding diaryl/α,β-unsaturated/α-hetero) is 1. The Kier molecular flexibility index (Phi) is 5.75. The Morgan fingerprint density at radius 3 is 2.36 bits per heavy atom. The van der Waals surface area contributed by atoms with Crippen LogP contribution in [0.4, 0.5) is 5.69 Å². The number of esters is 1. The molecule has 2 aromatic rings. The lowest BCUT2D eigenvalue weighted by molar-refractivity contribution is -0.126. The van der Waals surface area contributed by atoms with Crippen LogP contribution in [-0.2, 0) is 16.6 Å². The molecule has 1 aromatic heterocycles. The first-order valence-corrected chi connectivity index (χ1v) is 8.09. The van der Waals surface area contributed by atoms with Gasteiger partial charge in [-0.2, -0.15) is 0 Å². The fourth-order valence-corrected chi connectivity index (χ4v) is 2.52. The van der Waals surface area contributed by atoms with Crippen molar-refractivity contribution in [3.8, 4) is 0 Å². The molecule has 0 bridgehead atoms. The summed E-state index contributed by atoms with van der Waals surface area (Å²) in [7, 11) is 1.65. The van der Waals surface area contributed by atoms with Gasteiger partial charge in [0.05, 0.1) is 0 Å². The summed E-state index contributed by atoms with van der Waals surface area (Å²) in [5.74, 6) is -1.08. The normalized spacial score (nSPS) is 11.7. The van der Waals surface area contributed by atoms with E-state index in [4.69, 9.17) is 4.74 Å². The zero-order valence-electron chi connectivity index (χ0n) is 14.9. The summed E-state index contributed by atoms with van der Waals surface area (Å²) in [5, 5.41) is 0. The average Bonchev–Trinajstić information content (AvgIpc) is 2.98. The summed E-state index contributed by atoms with van der Waals surface area (Å²) in [6, 6.07) is 10.7. The van der Waals surface area contributed by atoms with Crippen LogP contribution in [0.2, 0.25) is 0 Å². The molecule has 0 fully saturated rings. The van der Waals surface area contributed by atoms with Crippen molar-refractivity contribution in [2.24, 2.45) is 7.05 Å². The molecular formula is C19H22N2O4. The number of aromatic nitrogens is 1. The number of carbonyl (C=O) groups is 3. The van der Waals surface area contributed by atoms with Crippen LogP contribution < -0.4 is 4.90 Å². The number of rotatable bonds is 6. The molecule has 1 heterocycles. The van der Waals surface area contributed by atoms with Crippen molar-refractivity contribution in [1.29, 1.82) is 0 Å². The second-order valence-electron chi connectivity index (χ2n) is 5.75. The lowest BCUT2D eigenvalue weighted by Crippen LogP contribution is -2.40. The lowest BCUT2D eigenvalue weighted by atomic mass is 10.2. The Morgan fingerprint density at radius 1 is 1.20 bits per heavy atom. The molecule has 25 heavy (non-hydrogen) atoms. The molecule has 0 saturated heterocycles. The minimum atomic E-state index is -0.941. The standard InChI is InChI=1S/C19H22N2O4/c1-5-21(16-9-7-6-8-10-16)18(23)14(3)25-19(24)17-11-15(13(2)22)12-20(17)4/h6-12,14H,5H2,1-4H3/t14-/m0/s1. The molecule has 0 unspecified atom stereocenters. The molecule has 1 amide bonds. The van der Waals surface area contributed by atoms with Crippen molar-refractivity contribution in [2.75, 3.05) is 11.4 Å². The smallest absolute Gasteiger partial charge is 0.355 e. The van der Waals surface area contributed by atoms with E-state index in [0.29, 0.717) is 12.1 Å². The predicted molar refractivity (Wildman–Crippen MR) is 94.8 cm³/mol. The van der Waals surface area contributed by atoms with Gasteiger partial charge < -0.3 is 14.2 Å². The molecule has 132 valence electrons. The van der Waals surface area contributed by atoms with E-state index in [0.717, 1.165) is 5.69 Å². The minimum absolute atomic E-state index is 0.139. The van der Waals surface area contributed by atoms with Crippen LogP contribution >= 0.6 is 0 Å². The quantitative estimate of drug-likeness (QED) is 0.598. The Balaban J connectivity index is 2.12. The number of para-hydroxylation sites is 1. The molecule has 6 heteroatoms. The number of anilines is 1. The van der Waals surface area contributed by atoms with Gasteiger partial charge in [-0.1, -0.05) is 18.2 Å². The SMILES string of the molecule is CCN(C(=O)[C@H](C)OC(=O)c1cc(C(C)=O)cn1C)c1ccccc1. The first-order chi connectivity index (χ1) is 11.8. The molecule has 0 radical (unpaired) electrons. The van der Waals surface area contributed by atoms with E-state index in [-0.39, 0.29) is 17.4 Å². The van der Waals surface area contributed by atoms with Crippen molar-refractivity contribution in [3.63, 3.8) is 0 Å². The van der Waals surface area contributed by atoms with Gasteiger partial charge in [0.15, 0.2) is 11.9 Å². The Hall–Kier alpha value is -2.89. The largest absolute Gasteiger partial charge is 0.448 e. The third-order valence-electron chi connectivity index (χ3n) is 3.90. The third-order valence-corrected chi connectivity index (χ3v) is 3.90. The topological polar surface area (TPSA) is 68.6 Å². The first-order valence-electron chi connectivity index (χ1n) is 8.09. The van der Waals surface area contributed by atoms with E-state index >= 15 is 0 Å². The third kappa shape index (κ3) is 4.15. The number of nitrogens with zero attached hydrogens (tertiary/aromatic N) is 2. The lowest BCUT2D eigenvalue weighted by Gasteiger charge is -2.24. The highest BCUT2D eigenvalue weighted by Gasteiger charge is 2.26. The maximum atomic E-state index is 12.6. The number of amides is 1.